The minimum Gasteiger partial charge on any atom is -0.373 e. The first kappa shape index (κ1) is 54.1. The average molecular weight is 881 g/mol. The maximum absolute atomic E-state index is 7.27. The summed E-state index contributed by atoms with van der Waals surface area (Å²) in [5.41, 5.74) is 2.52. The highest BCUT2D eigenvalue weighted by atomic mass is 16.6. The van der Waals surface area contributed by atoms with E-state index in [1.807, 2.05) is 0 Å². The first-order valence-corrected chi connectivity index (χ1v) is 27.4. The minimum absolute atomic E-state index is 0.0782. The van der Waals surface area contributed by atoms with Crippen LogP contribution in [-0.4, -0.2) is 44.7 Å². The van der Waals surface area contributed by atoms with E-state index in [1.165, 1.54) is 193 Å². The molecule has 1 aliphatic rings. The average Bonchev–Trinajstić information content (AvgIpc) is 3.72. The Morgan fingerprint density at radius 1 is 0.391 bits per heavy atom. The van der Waals surface area contributed by atoms with Gasteiger partial charge in [0.05, 0.1) is 13.2 Å². The second kappa shape index (κ2) is 36.6. The number of rotatable bonds is 42. The summed E-state index contributed by atoms with van der Waals surface area (Å²) in [5.74, 6) is 0. The zero-order chi connectivity index (χ0) is 44.9. The van der Waals surface area contributed by atoms with Crippen molar-refractivity contribution in [3.8, 4) is 0 Å². The molecule has 1 saturated heterocycles. The van der Waals surface area contributed by atoms with Gasteiger partial charge in [0.1, 0.15) is 23.9 Å². The molecule has 4 heteroatoms. The minimum atomic E-state index is -0.794. The molecule has 1 fully saturated rings. The van der Waals surface area contributed by atoms with Gasteiger partial charge in [-0.25, -0.2) is 0 Å². The molecule has 0 N–H and O–H groups in total. The van der Waals surface area contributed by atoms with E-state index in [0.29, 0.717) is 13.2 Å². The Kier molecular flexibility index (Phi) is 30.9. The van der Waals surface area contributed by atoms with Crippen molar-refractivity contribution in [3.63, 3.8) is 0 Å². The predicted molar refractivity (Wildman–Crippen MR) is 273 cm³/mol. The largest absolute Gasteiger partial charge is 0.373 e. The van der Waals surface area contributed by atoms with Gasteiger partial charge in [-0.05, 0) is 29.5 Å². The molecule has 0 bridgehead atoms. The van der Waals surface area contributed by atoms with Crippen molar-refractivity contribution in [2.24, 2.45) is 0 Å². The Labute approximate surface area is 394 Å². The monoisotopic (exact) mass is 881 g/mol. The molecule has 0 unspecified atom stereocenters. The highest BCUT2D eigenvalue weighted by Crippen LogP contribution is 2.41. The lowest BCUT2D eigenvalue weighted by Crippen LogP contribution is -2.41. The van der Waals surface area contributed by atoms with Crippen molar-refractivity contribution < 1.29 is 18.9 Å². The van der Waals surface area contributed by atoms with E-state index in [9.17, 15) is 0 Å². The Balaban J connectivity index is 1.21. The first-order chi connectivity index (χ1) is 31.8. The molecule has 3 atom stereocenters. The molecule has 4 rings (SSSR count). The van der Waals surface area contributed by atoms with Crippen LogP contribution in [0.3, 0.4) is 0 Å². The molecule has 3 aromatic rings. The smallest absolute Gasteiger partial charge is 0.143 e. The number of hydrogen-bond acceptors (Lipinski definition) is 4. The van der Waals surface area contributed by atoms with E-state index in [-0.39, 0.29) is 18.3 Å². The van der Waals surface area contributed by atoms with Gasteiger partial charge in [-0.3, -0.25) is 0 Å². The molecule has 3 aromatic carbocycles. The fourth-order valence-corrected chi connectivity index (χ4v) is 9.88. The Hall–Kier alpha value is -2.50. The Bertz CT molecular complexity index is 1350. The number of ether oxygens (including phenoxy) is 4. The molecule has 1 aliphatic heterocycles. The third kappa shape index (κ3) is 21.9. The summed E-state index contributed by atoms with van der Waals surface area (Å²) >= 11 is 0. The van der Waals surface area contributed by atoms with Gasteiger partial charge in [0, 0.05) is 13.2 Å². The fourth-order valence-electron chi connectivity index (χ4n) is 9.88. The third-order valence-electron chi connectivity index (χ3n) is 13.9. The second-order valence-electron chi connectivity index (χ2n) is 19.3. The molecule has 0 saturated carbocycles. The summed E-state index contributed by atoms with van der Waals surface area (Å²) in [4.78, 5) is 0. The number of hydrogen-bond donors (Lipinski definition) is 0. The van der Waals surface area contributed by atoms with Gasteiger partial charge in [-0.1, -0.05) is 297 Å². The first-order valence-electron chi connectivity index (χ1n) is 27.4. The van der Waals surface area contributed by atoms with Crippen molar-refractivity contribution in [1.29, 1.82) is 0 Å². The van der Waals surface area contributed by atoms with Gasteiger partial charge in [-0.15, -0.1) is 0 Å². The van der Waals surface area contributed by atoms with E-state index < -0.39 is 5.60 Å². The van der Waals surface area contributed by atoms with Crippen LogP contribution in [-0.2, 0) is 24.5 Å². The van der Waals surface area contributed by atoms with E-state index in [0.717, 1.165) is 42.7 Å². The number of benzene rings is 3. The second-order valence-corrected chi connectivity index (χ2v) is 19.3. The lowest BCUT2D eigenvalue weighted by atomic mass is 9.80. The van der Waals surface area contributed by atoms with Gasteiger partial charge in [-0.2, -0.15) is 0 Å². The van der Waals surface area contributed by atoms with Crippen LogP contribution in [0.4, 0.5) is 0 Å². The Morgan fingerprint density at radius 3 is 1.02 bits per heavy atom. The molecule has 0 aliphatic carbocycles. The summed E-state index contributed by atoms with van der Waals surface area (Å²) in [6.45, 7) is 7.06. The molecule has 360 valence electrons. The number of unbranched alkanes of at least 4 members (excludes halogenated alkanes) is 30. The Morgan fingerprint density at radius 2 is 0.688 bits per heavy atom. The van der Waals surface area contributed by atoms with Gasteiger partial charge in [0.15, 0.2) is 0 Å². The zero-order valence-corrected chi connectivity index (χ0v) is 41.5. The lowest BCUT2D eigenvalue weighted by molar-refractivity contribution is -0.0988. The van der Waals surface area contributed by atoms with Crippen molar-refractivity contribution in [2.45, 2.75) is 243 Å². The lowest BCUT2D eigenvalue weighted by Gasteiger charge is -2.37. The van der Waals surface area contributed by atoms with Crippen molar-refractivity contribution >= 4 is 0 Å². The molecule has 1 heterocycles. The maximum Gasteiger partial charge on any atom is 0.143 e. The fraction of sp³-hybridized carbons (Fsp3) is 0.700. The van der Waals surface area contributed by atoms with Crippen LogP contribution >= 0.6 is 0 Å². The molecule has 4 nitrogen and oxygen atoms in total. The quantitative estimate of drug-likeness (QED) is 0.0420. The molecular weight excluding hydrogens is 785 g/mol. The standard InChI is InChI=1S/C60H96O4/c1-3-5-7-9-11-13-15-17-19-21-23-25-27-29-31-42-50-61-57-52-63-58(59(57)62-51-43-32-30-28-26-24-22-20-18-16-14-12-10-8-6-4-2)53-64-60(54-44-36-33-37-45-54,55-46-38-34-39-47-55)56-48-40-35-41-49-56/h33-41,44-49,57-59H,3-32,42-43,50-53H2,1-2H3/t57-,58+,59+/m0/s1. The van der Waals surface area contributed by atoms with Crippen LogP contribution in [0.15, 0.2) is 91.0 Å². The van der Waals surface area contributed by atoms with Gasteiger partial charge < -0.3 is 18.9 Å². The van der Waals surface area contributed by atoms with Crippen LogP contribution in [0.1, 0.15) is 236 Å². The van der Waals surface area contributed by atoms with E-state index in [1.54, 1.807) is 0 Å². The van der Waals surface area contributed by atoms with Crippen LogP contribution < -0.4 is 0 Å². The zero-order valence-electron chi connectivity index (χ0n) is 41.5. The van der Waals surface area contributed by atoms with Crippen molar-refractivity contribution in [2.75, 3.05) is 26.4 Å². The van der Waals surface area contributed by atoms with E-state index in [2.05, 4.69) is 105 Å². The highest BCUT2D eigenvalue weighted by Gasteiger charge is 2.43. The van der Waals surface area contributed by atoms with Gasteiger partial charge in [0.2, 0.25) is 0 Å². The molecule has 64 heavy (non-hydrogen) atoms. The van der Waals surface area contributed by atoms with Gasteiger partial charge in [0.25, 0.3) is 0 Å². The molecular formula is C60H96O4. The van der Waals surface area contributed by atoms with Crippen LogP contribution in [0.5, 0.6) is 0 Å². The summed E-state index contributed by atoms with van der Waals surface area (Å²) in [6.07, 6.45) is 43.4. The van der Waals surface area contributed by atoms with Crippen molar-refractivity contribution in [3.05, 3.63) is 108 Å². The normalized spacial score (nSPS) is 16.5. The molecule has 0 aromatic heterocycles. The SMILES string of the molecule is CCCCCCCCCCCCCCCCCCO[C@@H]1[C@@H](OCCCCCCCCCCCCCCCCCC)CO[C@@H]1COC(c1ccccc1)(c1ccccc1)c1ccccc1. The molecule has 0 radical (unpaired) electrons. The topological polar surface area (TPSA) is 36.9 Å². The van der Waals surface area contributed by atoms with Crippen LogP contribution in [0.2, 0.25) is 0 Å². The highest BCUT2D eigenvalue weighted by molar-refractivity contribution is 5.47. The third-order valence-corrected chi connectivity index (χ3v) is 13.9. The molecule has 0 amide bonds. The molecule has 0 spiro atoms. The summed E-state index contributed by atoms with van der Waals surface area (Å²) in [7, 11) is 0. The van der Waals surface area contributed by atoms with Crippen LogP contribution in [0, 0.1) is 0 Å². The van der Waals surface area contributed by atoms with Gasteiger partial charge >= 0.3 is 0 Å². The summed E-state index contributed by atoms with van der Waals surface area (Å²) in [5, 5.41) is 0. The maximum atomic E-state index is 7.27. The summed E-state index contributed by atoms with van der Waals surface area (Å²) < 4.78 is 27.3. The van der Waals surface area contributed by atoms with E-state index in [4.69, 9.17) is 18.9 Å². The predicted octanol–water partition coefficient (Wildman–Crippen LogP) is 17.7. The van der Waals surface area contributed by atoms with E-state index >= 15 is 0 Å². The summed E-state index contributed by atoms with van der Waals surface area (Å²) in [6, 6.07) is 32.0. The van der Waals surface area contributed by atoms with Crippen molar-refractivity contribution in [1.82, 2.24) is 0 Å². The van der Waals surface area contributed by atoms with Crippen LogP contribution in [0.25, 0.3) is 0 Å².